The van der Waals surface area contributed by atoms with Gasteiger partial charge in [-0.15, -0.1) is 0 Å². The van der Waals surface area contributed by atoms with Gasteiger partial charge in [-0.25, -0.2) is 0 Å². The number of methoxy groups -OCH3 is 3. The lowest BCUT2D eigenvalue weighted by Gasteiger charge is -2.36. The van der Waals surface area contributed by atoms with Crippen molar-refractivity contribution in [2.24, 2.45) is 5.73 Å². The molecule has 4 nitrogen and oxygen atoms in total. The van der Waals surface area contributed by atoms with Gasteiger partial charge < -0.3 is 19.9 Å². The zero-order valence-electron chi connectivity index (χ0n) is 12.7. The van der Waals surface area contributed by atoms with Crippen LogP contribution < -0.4 is 15.2 Å². The first-order valence-corrected chi connectivity index (χ1v) is 7.18. The molecule has 4 heteroatoms. The molecule has 2 N–H and O–H groups in total. The Kier molecular flexibility index (Phi) is 4.89. The van der Waals surface area contributed by atoms with Crippen molar-refractivity contribution in [2.75, 3.05) is 21.3 Å². The summed E-state index contributed by atoms with van der Waals surface area (Å²) in [6.07, 6.45) is 5.49. The fraction of sp³-hybridized carbons (Fsp3) is 0.625. The van der Waals surface area contributed by atoms with Gasteiger partial charge in [-0.2, -0.15) is 0 Å². The van der Waals surface area contributed by atoms with Gasteiger partial charge in [0.2, 0.25) is 0 Å². The van der Waals surface area contributed by atoms with Crippen LogP contribution in [0.4, 0.5) is 0 Å². The van der Waals surface area contributed by atoms with Crippen molar-refractivity contribution in [2.45, 2.75) is 44.2 Å². The van der Waals surface area contributed by atoms with E-state index >= 15 is 0 Å². The predicted octanol–water partition coefficient (Wildman–Crippen LogP) is 2.97. The van der Waals surface area contributed by atoms with Crippen LogP contribution in [0.25, 0.3) is 0 Å². The normalized spacial score (nSPS) is 17.8. The highest BCUT2D eigenvalue weighted by atomic mass is 16.5. The molecule has 1 aliphatic carbocycles. The highest BCUT2D eigenvalue weighted by Crippen LogP contribution is 2.45. The molecular formula is C16H25NO3. The Bertz CT molecular complexity index is 453. The molecule has 0 aromatic heterocycles. The third-order valence-corrected chi connectivity index (χ3v) is 4.17. The van der Waals surface area contributed by atoms with Gasteiger partial charge in [0.05, 0.1) is 26.4 Å². The number of ether oxygens (including phenoxy) is 3. The molecule has 0 saturated heterocycles. The van der Waals surface area contributed by atoms with E-state index in [-0.39, 0.29) is 5.54 Å². The van der Waals surface area contributed by atoms with Gasteiger partial charge in [0.25, 0.3) is 0 Å². The van der Waals surface area contributed by atoms with E-state index in [4.69, 9.17) is 19.9 Å². The van der Waals surface area contributed by atoms with E-state index in [0.29, 0.717) is 6.61 Å². The van der Waals surface area contributed by atoms with Crippen LogP contribution in [-0.2, 0) is 16.9 Å². The first kappa shape index (κ1) is 15.1. The summed E-state index contributed by atoms with van der Waals surface area (Å²) in [7, 11) is 5.05. The number of hydrogen-bond donors (Lipinski definition) is 1. The molecule has 1 aliphatic rings. The van der Waals surface area contributed by atoms with Crippen molar-refractivity contribution in [1.29, 1.82) is 0 Å². The molecule has 1 aromatic rings. The van der Waals surface area contributed by atoms with E-state index in [1.54, 1.807) is 21.3 Å². The molecule has 0 atom stereocenters. The third-order valence-electron chi connectivity index (χ3n) is 4.17. The molecule has 0 spiro atoms. The summed E-state index contributed by atoms with van der Waals surface area (Å²) in [5.41, 5.74) is 8.35. The van der Waals surface area contributed by atoms with Gasteiger partial charge in [0.15, 0.2) is 0 Å². The summed E-state index contributed by atoms with van der Waals surface area (Å²) in [4.78, 5) is 0. The van der Waals surface area contributed by atoms with Crippen LogP contribution in [-0.4, -0.2) is 21.3 Å². The third kappa shape index (κ3) is 2.76. The Morgan fingerprint density at radius 2 is 1.75 bits per heavy atom. The second-order valence-corrected chi connectivity index (χ2v) is 5.49. The van der Waals surface area contributed by atoms with Crippen molar-refractivity contribution in [3.63, 3.8) is 0 Å². The lowest BCUT2D eigenvalue weighted by molar-refractivity contribution is 0.180. The molecular weight excluding hydrogens is 254 g/mol. The molecule has 0 bridgehead atoms. The summed E-state index contributed by atoms with van der Waals surface area (Å²) in [6.45, 7) is 0.510. The minimum absolute atomic E-state index is 0.362. The quantitative estimate of drug-likeness (QED) is 0.900. The molecule has 0 amide bonds. The van der Waals surface area contributed by atoms with E-state index in [0.717, 1.165) is 48.3 Å². The smallest absolute Gasteiger partial charge is 0.133 e. The summed E-state index contributed by atoms with van der Waals surface area (Å²) < 4.78 is 16.4. The number of hydrogen-bond acceptors (Lipinski definition) is 4. The van der Waals surface area contributed by atoms with Crippen LogP contribution in [0.1, 0.15) is 43.2 Å². The standard InChI is InChI=1S/C16H25NO3/c1-18-11-12-7-8-13(19-2)14(15(12)20-3)16(17)9-5-4-6-10-16/h7-8H,4-6,9-11,17H2,1-3H3. The van der Waals surface area contributed by atoms with Crippen molar-refractivity contribution < 1.29 is 14.2 Å². The number of benzene rings is 1. The molecule has 1 saturated carbocycles. The van der Waals surface area contributed by atoms with Crippen molar-refractivity contribution in [1.82, 2.24) is 0 Å². The topological polar surface area (TPSA) is 53.7 Å². The average molecular weight is 279 g/mol. The summed E-state index contributed by atoms with van der Waals surface area (Å²) in [5, 5.41) is 0. The Labute approximate surface area is 121 Å². The Morgan fingerprint density at radius 3 is 2.30 bits per heavy atom. The monoisotopic (exact) mass is 279 g/mol. The second kappa shape index (κ2) is 6.46. The second-order valence-electron chi connectivity index (χ2n) is 5.49. The predicted molar refractivity (Wildman–Crippen MR) is 79.2 cm³/mol. The van der Waals surface area contributed by atoms with Gasteiger partial charge >= 0.3 is 0 Å². The fourth-order valence-corrected chi connectivity index (χ4v) is 3.18. The lowest BCUT2D eigenvalue weighted by Crippen LogP contribution is -2.39. The minimum Gasteiger partial charge on any atom is -0.496 e. The van der Waals surface area contributed by atoms with Crippen LogP contribution >= 0.6 is 0 Å². The van der Waals surface area contributed by atoms with E-state index < -0.39 is 0 Å². The highest BCUT2D eigenvalue weighted by Gasteiger charge is 2.36. The number of rotatable bonds is 5. The first-order chi connectivity index (χ1) is 9.66. The zero-order chi connectivity index (χ0) is 14.6. The van der Waals surface area contributed by atoms with Gasteiger partial charge in [0, 0.05) is 18.2 Å². The molecule has 0 heterocycles. The fourth-order valence-electron chi connectivity index (χ4n) is 3.18. The molecule has 1 fully saturated rings. The van der Waals surface area contributed by atoms with Gasteiger partial charge in [-0.05, 0) is 25.0 Å². The van der Waals surface area contributed by atoms with Crippen LogP contribution in [0, 0.1) is 0 Å². The molecule has 0 unspecified atom stereocenters. The SMILES string of the molecule is COCc1ccc(OC)c(C2(N)CCCCC2)c1OC. The van der Waals surface area contributed by atoms with Crippen LogP contribution in [0.15, 0.2) is 12.1 Å². The summed E-state index contributed by atoms with van der Waals surface area (Å²) >= 11 is 0. The van der Waals surface area contributed by atoms with Gasteiger partial charge in [0.1, 0.15) is 11.5 Å². The maximum absolute atomic E-state index is 6.70. The maximum Gasteiger partial charge on any atom is 0.133 e. The molecule has 0 aliphatic heterocycles. The molecule has 1 aromatic carbocycles. The van der Waals surface area contributed by atoms with Crippen molar-refractivity contribution in [3.05, 3.63) is 23.3 Å². The minimum atomic E-state index is -0.362. The van der Waals surface area contributed by atoms with E-state index in [1.807, 2.05) is 12.1 Å². The summed E-state index contributed by atoms with van der Waals surface area (Å²) in [5.74, 6) is 1.63. The maximum atomic E-state index is 6.70. The Balaban J connectivity index is 2.54. The molecule has 0 radical (unpaired) electrons. The molecule has 20 heavy (non-hydrogen) atoms. The van der Waals surface area contributed by atoms with Crippen LogP contribution in [0.3, 0.4) is 0 Å². The molecule has 2 rings (SSSR count). The van der Waals surface area contributed by atoms with E-state index in [9.17, 15) is 0 Å². The lowest BCUT2D eigenvalue weighted by atomic mass is 9.76. The van der Waals surface area contributed by atoms with Crippen molar-refractivity contribution >= 4 is 0 Å². The van der Waals surface area contributed by atoms with Crippen molar-refractivity contribution in [3.8, 4) is 11.5 Å². The average Bonchev–Trinajstić information content (AvgIpc) is 2.47. The number of nitrogens with two attached hydrogens (primary N) is 1. The van der Waals surface area contributed by atoms with Crippen LogP contribution in [0.2, 0.25) is 0 Å². The zero-order valence-corrected chi connectivity index (χ0v) is 12.7. The highest BCUT2D eigenvalue weighted by molar-refractivity contribution is 5.54. The summed E-state index contributed by atoms with van der Waals surface area (Å²) in [6, 6.07) is 3.95. The van der Waals surface area contributed by atoms with E-state index in [2.05, 4.69) is 0 Å². The van der Waals surface area contributed by atoms with Crippen LogP contribution in [0.5, 0.6) is 11.5 Å². The Morgan fingerprint density at radius 1 is 1.05 bits per heavy atom. The van der Waals surface area contributed by atoms with E-state index in [1.165, 1.54) is 6.42 Å². The van der Waals surface area contributed by atoms with Gasteiger partial charge in [-0.1, -0.05) is 19.3 Å². The molecule has 112 valence electrons. The first-order valence-electron chi connectivity index (χ1n) is 7.18. The van der Waals surface area contributed by atoms with Gasteiger partial charge in [-0.3, -0.25) is 0 Å². The largest absolute Gasteiger partial charge is 0.496 e. The Hall–Kier alpha value is -1.26.